The third-order valence-corrected chi connectivity index (χ3v) is 4.15. The molecule has 3 rings (SSSR count). The van der Waals surface area contributed by atoms with Crippen molar-refractivity contribution in [1.82, 2.24) is 0 Å². The Morgan fingerprint density at radius 2 is 1.83 bits per heavy atom. The van der Waals surface area contributed by atoms with Crippen molar-refractivity contribution in [2.24, 2.45) is 10.7 Å². The second-order valence-electron chi connectivity index (χ2n) is 5.21. The molecule has 0 spiro atoms. The number of nitrogens with two attached hydrogens (primary N) is 1. The maximum absolute atomic E-state index is 11.6. The summed E-state index contributed by atoms with van der Waals surface area (Å²) in [5, 5.41) is 0.291. The second kappa shape index (κ2) is 6.71. The molecule has 2 aromatic rings. The lowest BCUT2D eigenvalue weighted by Crippen LogP contribution is -2.01. The maximum Gasteiger partial charge on any atom is 0.286 e. The first kappa shape index (κ1) is 15.4. The van der Waals surface area contributed by atoms with E-state index in [2.05, 4.69) is 36.2 Å². The van der Waals surface area contributed by atoms with E-state index in [4.69, 9.17) is 10.5 Å². The number of nitrogens with zero attached hydrogens (tertiary/aromatic N) is 1. The summed E-state index contributed by atoms with van der Waals surface area (Å²) in [6, 6.07) is 15.8. The molecular weight excluding hydrogens is 308 g/mol. The number of amides is 1. The van der Waals surface area contributed by atoms with Gasteiger partial charge in [-0.15, -0.1) is 0 Å². The molecule has 1 amide bonds. The lowest BCUT2D eigenvalue weighted by molar-refractivity contribution is -0.113. The molecule has 0 unspecified atom stereocenters. The van der Waals surface area contributed by atoms with Crippen LogP contribution >= 0.6 is 11.8 Å². The molecule has 116 valence electrons. The zero-order valence-electron chi connectivity index (χ0n) is 12.7. The topological polar surface area (TPSA) is 64.7 Å². The Morgan fingerprint density at radius 3 is 2.43 bits per heavy atom. The molecular formula is C18H16N2O2S. The van der Waals surface area contributed by atoms with E-state index in [1.807, 2.05) is 24.3 Å². The third-order valence-electron chi connectivity index (χ3n) is 3.34. The van der Waals surface area contributed by atoms with Crippen LogP contribution in [0.4, 0.5) is 0 Å². The van der Waals surface area contributed by atoms with Crippen LogP contribution in [0.1, 0.15) is 16.7 Å². The lowest BCUT2D eigenvalue weighted by atomic mass is 10.1. The number of thioether (sulfide) groups is 1. The van der Waals surface area contributed by atoms with Gasteiger partial charge in [-0.1, -0.05) is 42.0 Å². The van der Waals surface area contributed by atoms with E-state index in [9.17, 15) is 4.79 Å². The summed E-state index contributed by atoms with van der Waals surface area (Å²) < 4.78 is 5.76. The fourth-order valence-electron chi connectivity index (χ4n) is 2.09. The van der Waals surface area contributed by atoms with Crippen LogP contribution in [0.25, 0.3) is 6.08 Å². The first-order valence-corrected chi connectivity index (χ1v) is 7.98. The monoisotopic (exact) mass is 324 g/mol. The summed E-state index contributed by atoms with van der Waals surface area (Å²) in [6.07, 6.45) is 1.78. The molecule has 0 radical (unpaired) electrons. The predicted molar refractivity (Wildman–Crippen MR) is 94.2 cm³/mol. The molecule has 0 fully saturated rings. The Kier molecular flexibility index (Phi) is 4.48. The van der Waals surface area contributed by atoms with E-state index in [0.717, 1.165) is 16.9 Å². The van der Waals surface area contributed by atoms with Crippen LogP contribution in [0, 0.1) is 6.92 Å². The third kappa shape index (κ3) is 4.02. The van der Waals surface area contributed by atoms with Gasteiger partial charge in [0.15, 0.2) is 5.17 Å². The first-order valence-electron chi connectivity index (χ1n) is 7.16. The SMILES string of the molecule is Cc1ccc(COc2ccc(/C=C3/SC(N)=NC3=O)cc2)cc1. The van der Waals surface area contributed by atoms with Crippen LogP contribution in [-0.4, -0.2) is 11.1 Å². The van der Waals surface area contributed by atoms with Gasteiger partial charge in [0.25, 0.3) is 5.91 Å². The van der Waals surface area contributed by atoms with E-state index in [1.54, 1.807) is 6.08 Å². The summed E-state index contributed by atoms with van der Waals surface area (Å²) in [5.74, 6) is 0.501. The number of carbonyl (C=O) groups is 1. The summed E-state index contributed by atoms with van der Waals surface area (Å²) >= 11 is 1.19. The van der Waals surface area contributed by atoms with Crippen LogP contribution in [0.5, 0.6) is 5.75 Å². The van der Waals surface area contributed by atoms with E-state index < -0.39 is 0 Å². The highest BCUT2D eigenvalue weighted by atomic mass is 32.2. The van der Waals surface area contributed by atoms with E-state index >= 15 is 0 Å². The largest absolute Gasteiger partial charge is 0.489 e. The summed E-state index contributed by atoms with van der Waals surface area (Å²) in [7, 11) is 0. The van der Waals surface area contributed by atoms with Gasteiger partial charge >= 0.3 is 0 Å². The zero-order valence-corrected chi connectivity index (χ0v) is 13.5. The average Bonchev–Trinajstić information content (AvgIpc) is 2.86. The smallest absolute Gasteiger partial charge is 0.286 e. The van der Waals surface area contributed by atoms with Crippen molar-refractivity contribution >= 4 is 28.9 Å². The van der Waals surface area contributed by atoms with Crippen LogP contribution < -0.4 is 10.5 Å². The predicted octanol–water partition coefficient (Wildman–Crippen LogP) is 3.50. The minimum atomic E-state index is -0.285. The van der Waals surface area contributed by atoms with Gasteiger partial charge in [0.2, 0.25) is 0 Å². The molecule has 4 nitrogen and oxygen atoms in total. The van der Waals surface area contributed by atoms with Gasteiger partial charge in [-0.25, -0.2) is 0 Å². The quantitative estimate of drug-likeness (QED) is 0.874. The molecule has 0 atom stereocenters. The maximum atomic E-state index is 11.6. The number of aryl methyl sites for hydroxylation is 1. The highest BCUT2D eigenvalue weighted by Crippen LogP contribution is 2.27. The molecule has 0 aliphatic carbocycles. The number of aliphatic imine (C=N–C) groups is 1. The van der Waals surface area contributed by atoms with Crippen molar-refractivity contribution in [3.05, 3.63) is 70.1 Å². The van der Waals surface area contributed by atoms with Gasteiger partial charge in [0.05, 0.1) is 4.91 Å². The number of hydrogen-bond acceptors (Lipinski definition) is 4. The van der Waals surface area contributed by atoms with Gasteiger partial charge in [-0.3, -0.25) is 4.79 Å². The standard InChI is InChI=1S/C18H16N2O2S/c1-12-2-4-14(5-3-12)11-22-15-8-6-13(7-9-15)10-16-17(21)20-18(19)23-16/h2-10H,11H2,1H3,(H2,19,20,21)/b16-10+. The Bertz CT molecular complexity index is 778. The molecule has 1 heterocycles. The van der Waals surface area contributed by atoms with Gasteiger partial charge in [0.1, 0.15) is 12.4 Å². The van der Waals surface area contributed by atoms with Gasteiger partial charge in [-0.05, 0) is 48.0 Å². The van der Waals surface area contributed by atoms with Crippen molar-refractivity contribution in [1.29, 1.82) is 0 Å². The van der Waals surface area contributed by atoms with E-state index in [1.165, 1.54) is 17.3 Å². The molecule has 1 aliphatic rings. The van der Waals surface area contributed by atoms with Crippen molar-refractivity contribution in [2.75, 3.05) is 0 Å². The highest BCUT2D eigenvalue weighted by Gasteiger charge is 2.19. The summed E-state index contributed by atoms with van der Waals surface area (Å²) in [4.78, 5) is 15.8. The van der Waals surface area contributed by atoms with Crippen molar-refractivity contribution in [3.8, 4) is 5.75 Å². The molecule has 5 heteroatoms. The molecule has 1 aliphatic heterocycles. The van der Waals surface area contributed by atoms with E-state index in [0.29, 0.717) is 16.7 Å². The minimum absolute atomic E-state index is 0.285. The van der Waals surface area contributed by atoms with Gasteiger partial charge < -0.3 is 10.5 Å². The molecule has 2 N–H and O–H groups in total. The van der Waals surface area contributed by atoms with Gasteiger partial charge in [-0.2, -0.15) is 4.99 Å². The number of benzene rings is 2. The second-order valence-corrected chi connectivity index (χ2v) is 6.27. The van der Waals surface area contributed by atoms with Crippen LogP contribution in [-0.2, 0) is 11.4 Å². The zero-order chi connectivity index (χ0) is 16.2. The minimum Gasteiger partial charge on any atom is -0.489 e. The Labute approximate surface area is 139 Å². The Morgan fingerprint density at radius 1 is 1.13 bits per heavy atom. The fraction of sp³-hybridized carbons (Fsp3) is 0.111. The van der Waals surface area contributed by atoms with E-state index in [-0.39, 0.29) is 5.91 Å². The number of carbonyl (C=O) groups excluding carboxylic acids is 1. The molecule has 0 saturated carbocycles. The van der Waals surface area contributed by atoms with Crippen molar-refractivity contribution < 1.29 is 9.53 Å². The van der Waals surface area contributed by atoms with Crippen molar-refractivity contribution in [3.63, 3.8) is 0 Å². The normalized spacial score (nSPS) is 15.8. The van der Waals surface area contributed by atoms with Crippen LogP contribution in [0.2, 0.25) is 0 Å². The first-order chi connectivity index (χ1) is 11.1. The number of hydrogen-bond donors (Lipinski definition) is 1. The number of rotatable bonds is 4. The summed E-state index contributed by atoms with van der Waals surface area (Å²) in [6.45, 7) is 2.59. The van der Waals surface area contributed by atoms with Crippen LogP contribution in [0.3, 0.4) is 0 Å². The Hall–Kier alpha value is -2.53. The van der Waals surface area contributed by atoms with Gasteiger partial charge in [0, 0.05) is 0 Å². The lowest BCUT2D eigenvalue weighted by Gasteiger charge is -2.07. The molecule has 23 heavy (non-hydrogen) atoms. The molecule has 0 saturated heterocycles. The molecule has 2 aromatic carbocycles. The summed E-state index contributed by atoms with van der Waals surface area (Å²) in [5.41, 5.74) is 8.80. The van der Waals surface area contributed by atoms with Crippen LogP contribution in [0.15, 0.2) is 58.4 Å². The number of ether oxygens (including phenoxy) is 1. The average molecular weight is 324 g/mol. The molecule has 0 aromatic heterocycles. The Balaban J connectivity index is 1.62. The fourth-order valence-corrected chi connectivity index (χ4v) is 2.77. The highest BCUT2D eigenvalue weighted by molar-refractivity contribution is 8.18. The van der Waals surface area contributed by atoms with Crippen molar-refractivity contribution in [2.45, 2.75) is 13.5 Å². The number of amidine groups is 1. The molecule has 0 bridgehead atoms.